The van der Waals surface area contributed by atoms with Gasteiger partial charge in [0.05, 0.1) is 35.5 Å². The lowest BCUT2D eigenvalue weighted by atomic mass is 10.1. The Labute approximate surface area is 183 Å². The molecule has 8 heteroatoms. The van der Waals surface area contributed by atoms with Crippen LogP contribution < -0.4 is 23.7 Å². The normalized spacial score (nSPS) is 14.2. The number of piperazine rings is 1. The first-order valence-corrected chi connectivity index (χ1v) is 10.1. The fourth-order valence-corrected chi connectivity index (χ4v) is 3.75. The smallest absolute Gasteiger partial charge is 0.254 e. The molecular formula is C23H30N2O6. The zero-order valence-corrected chi connectivity index (χ0v) is 18.8. The molecule has 2 aromatic rings. The molecule has 0 bridgehead atoms. The number of methoxy groups -OCH3 is 5. The molecule has 1 aliphatic rings. The Hall–Kier alpha value is -3.13. The summed E-state index contributed by atoms with van der Waals surface area (Å²) in [6.07, 6.45) is 0. The van der Waals surface area contributed by atoms with Crippen molar-refractivity contribution in [2.75, 3.05) is 61.7 Å². The molecule has 0 atom stereocenters. The van der Waals surface area contributed by atoms with Crippen molar-refractivity contribution in [2.45, 2.75) is 6.54 Å². The predicted octanol–water partition coefficient (Wildman–Crippen LogP) is 2.69. The van der Waals surface area contributed by atoms with Gasteiger partial charge < -0.3 is 28.6 Å². The van der Waals surface area contributed by atoms with Gasteiger partial charge in [-0.1, -0.05) is 0 Å². The van der Waals surface area contributed by atoms with Gasteiger partial charge in [0.25, 0.3) is 5.91 Å². The van der Waals surface area contributed by atoms with Crippen LogP contribution in [-0.2, 0) is 6.54 Å². The molecule has 0 N–H and O–H groups in total. The van der Waals surface area contributed by atoms with Crippen molar-refractivity contribution in [1.29, 1.82) is 0 Å². The quantitative estimate of drug-likeness (QED) is 0.638. The van der Waals surface area contributed by atoms with Crippen molar-refractivity contribution in [3.63, 3.8) is 0 Å². The maximum absolute atomic E-state index is 12.9. The van der Waals surface area contributed by atoms with Gasteiger partial charge in [0, 0.05) is 38.3 Å². The summed E-state index contributed by atoms with van der Waals surface area (Å²) >= 11 is 0. The molecule has 0 radical (unpaired) electrons. The van der Waals surface area contributed by atoms with Gasteiger partial charge in [-0.2, -0.15) is 0 Å². The molecule has 0 saturated carbocycles. The van der Waals surface area contributed by atoms with Crippen LogP contribution in [0.15, 0.2) is 30.3 Å². The highest BCUT2D eigenvalue weighted by Crippen LogP contribution is 2.38. The zero-order valence-electron chi connectivity index (χ0n) is 18.8. The van der Waals surface area contributed by atoms with Gasteiger partial charge >= 0.3 is 0 Å². The van der Waals surface area contributed by atoms with Crippen molar-refractivity contribution < 1.29 is 28.5 Å². The van der Waals surface area contributed by atoms with Crippen LogP contribution in [0.1, 0.15) is 15.9 Å². The first kappa shape index (κ1) is 22.6. The molecule has 3 rings (SSSR count). The molecule has 1 fully saturated rings. The van der Waals surface area contributed by atoms with E-state index >= 15 is 0 Å². The van der Waals surface area contributed by atoms with Gasteiger partial charge in [-0.3, -0.25) is 9.69 Å². The first-order valence-electron chi connectivity index (χ1n) is 10.1. The van der Waals surface area contributed by atoms with Gasteiger partial charge in [-0.15, -0.1) is 0 Å². The third-order valence-electron chi connectivity index (χ3n) is 5.42. The highest BCUT2D eigenvalue weighted by atomic mass is 16.5. The number of hydrogen-bond donors (Lipinski definition) is 0. The number of carbonyl (C=O) groups is 1. The lowest BCUT2D eigenvalue weighted by Gasteiger charge is -2.35. The highest BCUT2D eigenvalue weighted by molar-refractivity contribution is 5.95. The van der Waals surface area contributed by atoms with Crippen LogP contribution >= 0.6 is 0 Å². The van der Waals surface area contributed by atoms with Crippen LogP contribution in [0.4, 0.5) is 0 Å². The third kappa shape index (κ3) is 4.96. The molecule has 168 valence electrons. The van der Waals surface area contributed by atoms with Crippen LogP contribution in [0, 0.1) is 0 Å². The number of ether oxygens (including phenoxy) is 5. The van der Waals surface area contributed by atoms with Crippen LogP contribution in [-0.4, -0.2) is 77.4 Å². The van der Waals surface area contributed by atoms with E-state index in [1.54, 1.807) is 53.7 Å². The average molecular weight is 431 g/mol. The Morgan fingerprint density at radius 2 is 1.32 bits per heavy atom. The fraction of sp³-hybridized carbons (Fsp3) is 0.435. The van der Waals surface area contributed by atoms with E-state index in [1.165, 1.54) is 0 Å². The topological polar surface area (TPSA) is 69.7 Å². The Bertz CT molecular complexity index is 884. The van der Waals surface area contributed by atoms with Crippen molar-refractivity contribution >= 4 is 5.91 Å². The summed E-state index contributed by atoms with van der Waals surface area (Å²) in [6, 6.07) is 9.17. The summed E-state index contributed by atoms with van der Waals surface area (Å²) in [5.74, 6) is 3.01. The fourth-order valence-electron chi connectivity index (χ4n) is 3.75. The molecule has 1 heterocycles. The lowest BCUT2D eigenvalue weighted by Crippen LogP contribution is -2.48. The maximum Gasteiger partial charge on any atom is 0.254 e. The first-order chi connectivity index (χ1) is 15.0. The molecule has 0 aromatic heterocycles. The van der Waals surface area contributed by atoms with E-state index in [2.05, 4.69) is 4.90 Å². The van der Waals surface area contributed by atoms with E-state index in [0.717, 1.165) is 25.2 Å². The van der Waals surface area contributed by atoms with Gasteiger partial charge in [0.2, 0.25) is 5.75 Å². The molecule has 1 aliphatic heterocycles. The lowest BCUT2D eigenvalue weighted by molar-refractivity contribution is 0.0628. The summed E-state index contributed by atoms with van der Waals surface area (Å²) < 4.78 is 26.9. The summed E-state index contributed by atoms with van der Waals surface area (Å²) in [7, 11) is 7.95. The Balaban J connectivity index is 1.64. The maximum atomic E-state index is 12.9. The van der Waals surface area contributed by atoms with Crippen LogP contribution in [0.25, 0.3) is 0 Å². The number of rotatable bonds is 8. The Kier molecular flexibility index (Phi) is 7.46. The zero-order chi connectivity index (χ0) is 22.4. The van der Waals surface area contributed by atoms with Crippen LogP contribution in [0.2, 0.25) is 0 Å². The largest absolute Gasteiger partial charge is 0.493 e. The van der Waals surface area contributed by atoms with Crippen LogP contribution in [0.3, 0.4) is 0 Å². The number of hydrogen-bond acceptors (Lipinski definition) is 7. The molecule has 1 amide bonds. The Morgan fingerprint density at radius 1 is 0.742 bits per heavy atom. The number of amides is 1. The summed E-state index contributed by atoms with van der Waals surface area (Å²) in [4.78, 5) is 17.1. The molecular weight excluding hydrogens is 400 g/mol. The third-order valence-corrected chi connectivity index (χ3v) is 5.42. The SMILES string of the molecule is COc1ccc(C(=O)N2CCN(Cc3cc(OC)c(OC)c(OC)c3)CC2)cc1OC. The van der Waals surface area contributed by atoms with E-state index in [9.17, 15) is 4.79 Å². The van der Waals surface area contributed by atoms with Crippen LogP contribution in [0.5, 0.6) is 28.7 Å². The molecule has 0 spiro atoms. The molecule has 8 nitrogen and oxygen atoms in total. The van der Waals surface area contributed by atoms with Crippen molar-refractivity contribution in [1.82, 2.24) is 9.80 Å². The average Bonchev–Trinajstić information content (AvgIpc) is 2.82. The van der Waals surface area contributed by atoms with E-state index in [-0.39, 0.29) is 5.91 Å². The minimum atomic E-state index is -0.00612. The summed E-state index contributed by atoms with van der Waals surface area (Å²) in [5, 5.41) is 0. The molecule has 0 aliphatic carbocycles. The van der Waals surface area contributed by atoms with E-state index in [1.807, 2.05) is 17.0 Å². The second-order valence-corrected chi connectivity index (χ2v) is 7.17. The van der Waals surface area contributed by atoms with E-state index in [4.69, 9.17) is 23.7 Å². The monoisotopic (exact) mass is 430 g/mol. The minimum absolute atomic E-state index is 0.00612. The van der Waals surface area contributed by atoms with Gasteiger partial charge in [-0.05, 0) is 35.9 Å². The van der Waals surface area contributed by atoms with Crippen molar-refractivity contribution in [3.8, 4) is 28.7 Å². The van der Waals surface area contributed by atoms with E-state index in [0.29, 0.717) is 47.4 Å². The van der Waals surface area contributed by atoms with Gasteiger partial charge in [-0.25, -0.2) is 0 Å². The van der Waals surface area contributed by atoms with Crippen molar-refractivity contribution in [2.24, 2.45) is 0 Å². The van der Waals surface area contributed by atoms with Gasteiger partial charge in [0.15, 0.2) is 23.0 Å². The second-order valence-electron chi connectivity index (χ2n) is 7.17. The van der Waals surface area contributed by atoms with Gasteiger partial charge in [0.1, 0.15) is 0 Å². The number of nitrogens with zero attached hydrogens (tertiary/aromatic N) is 2. The molecule has 1 saturated heterocycles. The van der Waals surface area contributed by atoms with E-state index < -0.39 is 0 Å². The Morgan fingerprint density at radius 3 is 1.84 bits per heavy atom. The standard InChI is InChI=1S/C23H30N2O6/c1-27-18-7-6-17(14-19(18)28-2)23(26)25-10-8-24(9-11-25)15-16-12-20(29-3)22(31-5)21(13-16)30-4/h6-7,12-14H,8-11,15H2,1-5H3. The predicted molar refractivity (Wildman–Crippen MR) is 117 cm³/mol. The molecule has 0 unspecified atom stereocenters. The molecule has 2 aromatic carbocycles. The number of benzene rings is 2. The summed E-state index contributed by atoms with van der Waals surface area (Å²) in [6.45, 7) is 3.58. The summed E-state index contributed by atoms with van der Waals surface area (Å²) in [5.41, 5.74) is 1.66. The highest BCUT2D eigenvalue weighted by Gasteiger charge is 2.24. The molecule has 31 heavy (non-hydrogen) atoms. The minimum Gasteiger partial charge on any atom is -0.493 e. The van der Waals surface area contributed by atoms with Crippen molar-refractivity contribution in [3.05, 3.63) is 41.5 Å². The number of carbonyl (C=O) groups excluding carboxylic acids is 1. The second kappa shape index (κ2) is 10.3.